The van der Waals surface area contributed by atoms with Gasteiger partial charge in [0.05, 0.1) is 12.7 Å². The van der Waals surface area contributed by atoms with E-state index in [-0.39, 0.29) is 5.56 Å². The summed E-state index contributed by atoms with van der Waals surface area (Å²) in [7, 11) is 0. The van der Waals surface area contributed by atoms with Gasteiger partial charge < -0.3 is 5.32 Å². The Bertz CT molecular complexity index is 359. The third-order valence-electron chi connectivity index (χ3n) is 2.44. The summed E-state index contributed by atoms with van der Waals surface area (Å²) < 4.78 is 1.49. The van der Waals surface area contributed by atoms with E-state index in [2.05, 4.69) is 24.3 Å². The lowest BCUT2D eigenvalue weighted by molar-refractivity contribution is 0.476. The SMILES string of the molecule is CCC(C)NCCn1ncc(C)cc1=O. The third-order valence-corrected chi connectivity index (χ3v) is 2.44. The summed E-state index contributed by atoms with van der Waals surface area (Å²) in [5.41, 5.74) is 0.882. The second kappa shape index (κ2) is 5.66. The van der Waals surface area contributed by atoms with Gasteiger partial charge in [-0.05, 0) is 25.8 Å². The molecule has 0 aliphatic rings. The van der Waals surface area contributed by atoms with E-state index in [1.165, 1.54) is 4.68 Å². The Balaban J connectivity index is 2.48. The van der Waals surface area contributed by atoms with Crippen molar-refractivity contribution in [2.24, 2.45) is 0 Å². The lowest BCUT2D eigenvalue weighted by Gasteiger charge is -2.11. The van der Waals surface area contributed by atoms with Gasteiger partial charge in [-0.3, -0.25) is 4.79 Å². The van der Waals surface area contributed by atoms with Crippen molar-refractivity contribution in [2.45, 2.75) is 39.8 Å². The second-order valence-corrected chi connectivity index (χ2v) is 3.86. The van der Waals surface area contributed by atoms with Crippen LogP contribution in [0.4, 0.5) is 0 Å². The van der Waals surface area contributed by atoms with Gasteiger partial charge in [-0.25, -0.2) is 4.68 Å². The van der Waals surface area contributed by atoms with Gasteiger partial charge in [0.1, 0.15) is 0 Å². The number of nitrogens with one attached hydrogen (secondary N) is 1. The summed E-state index contributed by atoms with van der Waals surface area (Å²) in [6.45, 7) is 7.55. The van der Waals surface area contributed by atoms with Crippen LogP contribution in [0, 0.1) is 6.92 Å². The van der Waals surface area contributed by atoms with E-state index in [0.29, 0.717) is 12.6 Å². The molecule has 0 radical (unpaired) electrons. The van der Waals surface area contributed by atoms with Crippen LogP contribution in [0.15, 0.2) is 17.1 Å². The largest absolute Gasteiger partial charge is 0.312 e. The average Bonchev–Trinajstić information content (AvgIpc) is 2.21. The lowest BCUT2D eigenvalue weighted by Crippen LogP contribution is -2.32. The van der Waals surface area contributed by atoms with Gasteiger partial charge in [-0.15, -0.1) is 0 Å². The van der Waals surface area contributed by atoms with Crippen LogP contribution in [-0.2, 0) is 6.54 Å². The van der Waals surface area contributed by atoms with E-state index in [9.17, 15) is 4.79 Å². The van der Waals surface area contributed by atoms with Crippen molar-refractivity contribution >= 4 is 0 Å². The highest BCUT2D eigenvalue weighted by Crippen LogP contribution is 1.88. The predicted molar refractivity (Wildman–Crippen MR) is 61.0 cm³/mol. The van der Waals surface area contributed by atoms with E-state index in [0.717, 1.165) is 18.5 Å². The van der Waals surface area contributed by atoms with Gasteiger partial charge in [-0.2, -0.15) is 5.10 Å². The van der Waals surface area contributed by atoms with Crippen LogP contribution in [0.3, 0.4) is 0 Å². The molecule has 1 N–H and O–H groups in total. The summed E-state index contributed by atoms with van der Waals surface area (Å²) in [5.74, 6) is 0. The van der Waals surface area contributed by atoms with Crippen LogP contribution < -0.4 is 10.9 Å². The minimum atomic E-state index is -0.0269. The molecule has 0 aromatic carbocycles. The Hall–Kier alpha value is -1.16. The summed E-state index contributed by atoms with van der Waals surface area (Å²) in [6.07, 6.45) is 2.81. The van der Waals surface area contributed by atoms with E-state index in [1.807, 2.05) is 6.92 Å². The van der Waals surface area contributed by atoms with Crippen molar-refractivity contribution in [1.82, 2.24) is 15.1 Å². The molecule has 0 spiro atoms. The lowest BCUT2D eigenvalue weighted by atomic mass is 10.2. The maximum absolute atomic E-state index is 11.5. The quantitative estimate of drug-likeness (QED) is 0.785. The van der Waals surface area contributed by atoms with Crippen LogP contribution in [0.1, 0.15) is 25.8 Å². The molecule has 0 saturated carbocycles. The molecular formula is C11H19N3O. The molecular weight excluding hydrogens is 190 g/mol. The van der Waals surface area contributed by atoms with Gasteiger partial charge in [0.2, 0.25) is 0 Å². The normalized spacial score (nSPS) is 12.7. The van der Waals surface area contributed by atoms with Gasteiger partial charge in [0.15, 0.2) is 0 Å². The number of hydrogen-bond donors (Lipinski definition) is 1. The zero-order valence-corrected chi connectivity index (χ0v) is 9.66. The molecule has 0 bridgehead atoms. The van der Waals surface area contributed by atoms with Crippen molar-refractivity contribution in [1.29, 1.82) is 0 Å². The number of nitrogens with zero attached hydrogens (tertiary/aromatic N) is 2. The molecule has 1 heterocycles. The summed E-state index contributed by atoms with van der Waals surface area (Å²) in [4.78, 5) is 11.5. The highest BCUT2D eigenvalue weighted by Gasteiger charge is 1.99. The monoisotopic (exact) mass is 209 g/mol. The van der Waals surface area contributed by atoms with Gasteiger partial charge in [0, 0.05) is 18.7 Å². The highest BCUT2D eigenvalue weighted by atomic mass is 16.1. The van der Waals surface area contributed by atoms with Crippen molar-refractivity contribution in [2.75, 3.05) is 6.54 Å². The van der Waals surface area contributed by atoms with E-state index >= 15 is 0 Å². The van der Waals surface area contributed by atoms with Gasteiger partial charge >= 0.3 is 0 Å². The zero-order valence-electron chi connectivity index (χ0n) is 9.66. The fraction of sp³-hybridized carbons (Fsp3) is 0.636. The number of hydrogen-bond acceptors (Lipinski definition) is 3. The Morgan fingerprint density at radius 1 is 1.60 bits per heavy atom. The molecule has 4 nitrogen and oxygen atoms in total. The van der Waals surface area contributed by atoms with Crippen molar-refractivity contribution in [3.8, 4) is 0 Å². The summed E-state index contributed by atoms with van der Waals surface area (Å²) in [6, 6.07) is 2.10. The molecule has 1 aromatic rings. The smallest absolute Gasteiger partial charge is 0.267 e. The maximum atomic E-state index is 11.5. The molecule has 0 amide bonds. The minimum absolute atomic E-state index is 0.0269. The van der Waals surface area contributed by atoms with Gasteiger partial charge in [-0.1, -0.05) is 6.92 Å². The number of aromatic nitrogens is 2. The zero-order chi connectivity index (χ0) is 11.3. The topological polar surface area (TPSA) is 46.9 Å². The van der Waals surface area contributed by atoms with Crippen LogP contribution in [0.2, 0.25) is 0 Å². The minimum Gasteiger partial charge on any atom is -0.312 e. The summed E-state index contributed by atoms with van der Waals surface area (Å²) in [5, 5.41) is 7.39. The molecule has 84 valence electrons. The first kappa shape index (κ1) is 11.9. The first-order chi connectivity index (χ1) is 7.13. The molecule has 0 aliphatic heterocycles. The molecule has 1 unspecified atom stereocenters. The molecule has 0 aliphatic carbocycles. The first-order valence-electron chi connectivity index (χ1n) is 5.40. The van der Waals surface area contributed by atoms with E-state index < -0.39 is 0 Å². The number of aryl methyl sites for hydroxylation is 1. The molecule has 15 heavy (non-hydrogen) atoms. The fourth-order valence-corrected chi connectivity index (χ4v) is 1.25. The van der Waals surface area contributed by atoms with Gasteiger partial charge in [0.25, 0.3) is 5.56 Å². The van der Waals surface area contributed by atoms with Crippen LogP contribution in [0.25, 0.3) is 0 Å². The van der Waals surface area contributed by atoms with Crippen LogP contribution in [-0.4, -0.2) is 22.4 Å². The Kier molecular flexibility index (Phi) is 4.49. The highest BCUT2D eigenvalue weighted by molar-refractivity contribution is 5.02. The first-order valence-corrected chi connectivity index (χ1v) is 5.40. The van der Waals surface area contributed by atoms with E-state index in [1.54, 1.807) is 12.3 Å². The molecule has 0 saturated heterocycles. The maximum Gasteiger partial charge on any atom is 0.267 e. The summed E-state index contributed by atoms with van der Waals surface area (Å²) >= 11 is 0. The average molecular weight is 209 g/mol. The standard InChI is InChI=1S/C11H19N3O/c1-4-10(3)12-5-6-14-11(15)7-9(2)8-13-14/h7-8,10,12H,4-6H2,1-3H3. The second-order valence-electron chi connectivity index (χ2n) is 3.86. The molecule has 0 fully saturated rings. The molecule has 1 rings (SSSR count). The fourth-order valence-electron chi connectivity index (χ4n) is 1.25. The van der Waals surface area contributed by atoms with Crippen LogP contribution in [0.5, 0.6) is 0 Å². The van der Waals surface area contributed by atoms with Crippen molar-refractivity contribution < 1.29 is 0 Å². The Morgan fingerprint density at radius 3 is 2.93 bits per heavy atom. The van der Waals surface area contributed by atoms with Crippen molar-refractivity contribution in [3.05, 3.63) is 28.2 Å². The van der Waals surface area contributed by atoms with E-state index in [4.69, 9.17) is 0 Å². The van der Waals surface area contributed by atoms with Crippen LogP contribution >= 0.6 is 0 Å². The number of rotatable bonds is 5. The van der Waals surface area contributed by atoms with Crippen molar-refractivity contribution in [3.63, 3.8) is 0 Å². The Morgan fingerprint density at radius 2 is 2.33 bits per heavy atom. The molecule has 4 heteroatoms. The third kappa shape index (κ3) is 3.83. The Labute approximate surface area is 90.3 Å². The molecule has 1 aromatic heterocycles. The molecule has 1 atom stereocenters. The predicted octanol–water partition coefficient (Wildman–Crippen LogP) is 0.940.